The molecule has 2 aromatic heterocycles. The first kappa shape index (κ1) is 12.4. The predicted octanol–water partition coefficient (Wildman–Crippen LogP) is 1.59. The van der Waals surface area contributed by atoms with Crippen LogP contribution in [0.25, 0.3) is 0 Å². The Morgan fingerprint density at radius 1 is 1.47 bits per heavy atom. The second-order valence-electron chi connectivity index (χ2n) is 4.94. The molecule has 1 saturated heterocycles. The maximum atomic E-state index is 5.57. The number of morpholine rings is 1. The quantitative estimate of drug-likeness (QED) is 0.909. The molecule has 19 heavy (non-hydrogen) atoms. The molecule has 0 amide bonds. The minimum atomic E-state index is 0.152. The molecule has 0 saturated carbocycles. The first-order valence-electron chi connectivity index (χ1n) is 6.48. The molecule has 2 aromatic rings. The molecular formula is C13H18N4O2. The summed E-state index contributed by atoms with van der Waals surface area (Å²) in [6.07, 6.45) is 1.85. The average Bonchev–Trinajstić information content (AvgIpc) is 2.99. The first-order chi connectivity index (χ1) is 9.22. The van der Waals surface area contributed by atoms with Gasteiger partial charge in [-0.15, -0.1) is 0 Å². The van der Waals surface area contributed by atoms with Crippen LogP contribution in [0.5, 0.6) is 0 Å². The van der Waals surface area contributed by atoms with Crippen LogP contribution in [0.15, 0.2) is 16.8 Å². The van der Waals surface area contributed by atoms with E-state index < -0.39 is 0 Å². The number of hydrogen-bond donors (Lipinski definition) is 1. The number of aromatic amines is 1. The van der Waals surface area contributed by atoms with Crippen LogP contribution in [0.1, 0.15) is 29.0 Å². The van der Waals surface area contributed by atoms with E-state index in [1.165, 1.54) is 0 Å². The molecule has 1 aliphatic heterocycles. The average molecular weight is 262 g/mol. The number of ether oxygens (including phenoxy) is 1. The molecule has 102 valence electrons. The van der Waals surface area contributed by atoms with Crippen LogP contribution in [0.4, 0.5) is 0 Å². The molecular weight excluding hydrogens is 244 g/mol. The van der Waals surface area contributed by atoms with Crippen molar-refractivity contribution >= 4 is 0 Å². The van der Waals surface area contributed by atoms with Crippen molar-refractivity contribution in [3.8, 4) is 0 Å². The van der Waals surface area contributed by atoms with E-state index in [1.54, 1.807) is 0 Å². The Morgan fingerprint density at radius 2 is 2.37 bits per heavy atom. The van der Waals surface area contributed by atoms with Gasteiger partial charge in [-0.05, 0) is 13.8 Å². The van der Waals surface area contributed by atoms with Gasteiger partial charge in [0.1, 0.15) is 11.6 Å². The third-order valence-corrected chi connectivity index (χ3v) is 3.32. The van der Waals surface area contributed by atoms with Crippen molar-refractivity contribution in [3.63, 3.8) is 0 Å². The first-order valence-corrected chi connectivity index (χ1v) is 6.48. The summed E-state index contributed by atoms with van der Waals surface area (Å²) in [5.74, 6) is 1.80. The summed E-state index contributed by atoms with van der Waals surface area (Å²) in [5, 5.41) is 4.06. The molecule has 0 spiro atoms. The SMILES string of the molecule is Cc1cnc([C@@H]2COCCN2Cc2cc(C)on2)[nH]1. The molecule has 0 aliphatic carbocycles. The van der Waals surface area contributed by atoms with Gasteiger partial charge in [0.05, 0.1) is 24.9 Å². The number of nitrogens with zero attached hydrogens (tertiary/aromatic N) is 3. The van der Waals surface area contributed by atoms with Crippen molar-refractivity contribution in [1.29, 1.82) is 0 Å². The van der Waals surface area contributed by atoms with Crippen molar-refractivity contribution in [2.24, 2.45) is 0 Å². The number of rotatable bonds is 3. The summed E-state index contributed by atoms with van der Waals surface area (Å²) in [6.45, 7) is 6.94. The number of hydrogen-bond acceptors (Lipinski definition) is 5. The van der Waals surface area contributed by atoms with E-state index in [9.17, 15) is 0 Å². The van der Waals surface area contributed by atoms with Crippen LogP contribution in [0.2, 0.25) is 0 Å². The van der Waals surface area contributed by atoms with Crippen LogP contribution in [0, 0.1) is 13.8 Å². The molecule has 1 N–H and O–H groups in total. The highest BCUT2D eigenvalue weighted by atomic mass is 16.5. The summed E-state index contributed by atoms with van der Waals surface area (Å²) in [5.41, 5.74) is 2.02. The molecule has 0 unspecified atom stereocenters. The highest BCUT2D eigenvalue weighted by molar-refractivity contribution is 5.07. The summed E-state index contributed by atoms with van der Waals surface area (Å²) in [6, 6.07) is 2.12. The van der Waals surface area contributed by atoms with Crippen LogP contribution in [-0.2, 0) is 11.3 Å². The lowest BCUT2D eigenvalue weighted by molar-refractivity contribution is -0.0165. The summed E-state index contributed by atoms with van der Waals surface area (Å²) in [4.78, 5) is 10.0. The summed E-state index contributed by atoms with van der Waals surface area (Å²) < 4.78 is 10.7. The Kier molecular flexibility index (Phi) is 3.35. The second kappa shape index (κ2) is 5.14. The Labute approximate surface area is 111 Å². The van der Waals surface area contributed by atoms with Gasteiger partial charge in [0.2, 0.25) is 0 Å². The van der Waals surface area contributed by atoms with Gasteiger partial charge in [-0.1, -0.05) is 5.16 Å². The molecule has 6 heteroatoms. The lowest BCUT2D eigenvalue weighted by atomic mass is 10.2. The van der Waals surface area contributed by atoms with Gasteiger partial charge < -0.3 is 14.2 Å². The summed E-state index contributed by atoms with van der Waals surface area (Å²) in [7, 11) is 0. The fraction of sp³-hybridized carbons (Fsp3) is 0.538. The van der Waals surface area contributed by atoms with E-state index in [0.717, 1.165) is 42.7 Å². The molecule has 0 aromatic carbocycles. The highest BCUT2D eigenvalue weighted by Gasteiger charge is 2.27. The van der Waals surface area contributed by atoms with Crippen LogP contribution in [-0.4, -0.2) is 39.8 Å². The number of aryl methyl sites for hydroxylation is 2. The van der Waals surface area contributed by atoms with E-state index in [1.807, 2.05) is 26.1 Å². The maximum absolute atomic E-state index is 5.57. The number of imidazole rings is 1. The Bertz CT molecular complexity index is 548. The van der Waals surface area contributed by atoms with Gasteiger partial charge in [-0.3, -0.25) is 4.90 Å². The van der Waals surface area contributed by atoms with Crippen molar-refractivity contribution in [1.82, 2.24) is 20.0 Å². The highest BCUT2D eigenvalue weighted by Crippen LogP contribution is 2.23. The Hall–Kier alpha value is -1.66. The van der Waals surface area contributed by atoms with Crippen LogP contribution in [0.3, 0.4) is 0 Å². The molecule has 6 nitrogen and oxygen atoms in total. The minimum absolute atomic E-state index is 0.152. The normalized spacial score (nSPS) is 20.8. The van der Waals surface area contributed by atoms with Gasteiger partial charge in [-0.2, -0.15) is 0 Å². The number of aromatic nitrogens is 3. The van der Waals surface area contributed by atoms with Gasteiger partial charge in [0.25, 0.3) is 0 Å². The van der Waals surface area contributed by atoms with Crippen LogP contribution < -0.4 is 0 Å². The third kappa shape index (κ3) is 2.69. The fourth-order valence-corrected chi connectivity index (χ4v) is 2.38. The maximum Gasteiger partial charge on any atom is 0.133 e. The van der Waals surface area contributed by atoms with E-state index in [0.29, 0.717) is 6.61 Å². The molecule has 1 atom stereocenters. The van der Waals surface area contributed by atoms with Crippen molar-refractivity contribution < 1.29 is 9.26 Å². The van der Waals surface area contributed by atoms with Crippen LogP contribution >= 0.6 is 0 Å². The smallest absolute Gasteiger partial charge is 0.133 e. The lowest BCUT2D eigenvalue weighted by Crippen LogP contribution is -2.39. The number of H-pyrrole nitrogens is 1. The standard InChI is InChI=1S/C13H18N4O2/c1-9-6-14-13(15-9)12-8-18-4-3-17(12)7-11-5-10(2)19-16-11/h5-6,12H,3-4,7-8H2,1-2H3,(H,14,15)/t12-/m0/s1. The van der Waals surface area contributed by atoms with E-state index >= 15 is 0 Å². The summed E-state index contributed by atoms with van der Waals surface area (Å²) >= 11 is 0. The minimum Gasteiger partial charge on any atom is -0.378 e. The van der Waals surface area contributed by atoms with Crippen molar-refractivity contribution in [3.05, 3.63) is 35.2 Å². The zero-order valence-corrected chi connectivity index (χ0v) is 11.2. The molecule has 0 bridgehead atoms. The molecule has 3 heterocycles. The van der Waals surface area contributed by atoms with E-state index in [2.05, 4.69) is 20.0 Å². The Morgan fingerprint density at radius 3 is 3.05 bits per heavy atom. The van der Waals surface area contributed by atoms with E-state index in [-0.39, 0.29) is 6.04 Å². The van der Waals surface area contributed by atoms with Gasteiger partial charge in [-0.25, -0.2) is 4.98 Å². The second-order valence-corrected chi connectivity index (χ2v) is 4.94. The molecule has 0 radical (unpaired) electrons. The zero-order chi connectivity index (χ0) is 13.2. The third-order valence-electron chi connectivity index (χ3n) is 3.32. The molecule has 1 fully saturated rings. The molecule has 1 aliphatic rings. The topological polar surface area (TPSA) is 67.2 Å². The van der Waals surface area contributed by atoms with Crippen molar-refractivity contribution in [2.45, 2.75) is 26.4 Å². The largest absolute Gasteiger partial charge is 0.378 e. The predicted molar refractivity (Wildman–Crippen MR) is 68.5 cm³/mol. The van der Waals surface area contributed by atoms with Gasteiger partial charge in [0.15, 0.2) is 0 Å². The lowest BCUT2D eigenvalue weighted by Gasteiger charge is -2.33. The zero-order valence-electron chi connectivity index (χ0n) is 11.2. The Balaban J connectivity index is 1.77. The fourth-order valence-electron chi connectivity index (χ4n) is 2.38. The van der Waals surface area contributed by atoms with Gasteiger partial charge in [0, 0.05) is 31.0 Å². The van der Waals surface area contributed by atoms with Gasteiger partial charge >= 0.3 is 0 Å². The van der Waals surface area contributed by atoms with E-state index in [4.69, 9.17) is 9.26 Å². The molecule has 3 rings (SSSR count). The monoisotopic (exact) mass is 262 g/mol. The van der Waals surface area contributed by atoms with Crippen molar-refractivity contribution in [2.75, 3.05) is 19.8 Å². The number of nitrogens with one attached hydrogen (secondary N) is 1.